The first kappa shape index (κ1) is 13.6. The minimum absolute atomic E-state index is 0.00253. The van der Waals surface area contributed by atoms with E-state index in [-0.39, 0.29) is 29.7 Å². The van der Waals surface area contributed by atoms with E-state index in [2.05, 4.69) is 4.98 Å². The molecule has 0 aliphatic rings. The molecule has 1 aromatic heterocycles. The molecule has 0 spiro atoms. The summed E-state index contributed by atoms with van der Waals surface area (Å²) < 4.78 is 24.7. The van der Waals surface area contributed by atoms with Crippen LogP contribution in [-0.2, 0) is 0 Å². The number of aliphatic hydroxyl groups is 1. The van der Waals surface area contributed by atoms with Crippen molar-refractivity contribution >= 4 is 17.4 Å². The lowest BCUT2D eigenvalue weighted by molar-refractivity contribution is 0.152. The third-order valence-electron chi connectivity index (χ3n) is 1.96. The molecule has 1 aromatic rings. The Balaban J connectivity index is 3.00. The Kier molecular flexibility index (Phi) is 5.07. The summed E-state index contributed by atoms with van der Waals surface area (Å²) in [7, 11) is 0. The van der Waals surface area contributed by atoms with Crippen molar-refractivity contribution in [1.82, 2.24) is 4.98 Å². The van der Waals surface area contributed by atoms with Gasteiger partial charge in [-0.05, 0) is 12.1 Å². The molecule has 0 saturated carbocycles. The maximum Gasteiger partial charge on any atom is 0.255 e. The number of aliphatic hydroxyl groups excluding tert-OH is 1. The van der Waals surface area contributed by atoms with Gasteiger partial charge in [-0.25, -0.2) is 13.8 Å². The normalized spacial score (nSPS) is 10.4. The zero-order valence-electron chi connectivity index (χ0n) is 8.78. The quantitative estimate of drug-likeness (QED) is 0.819. The molecule has 17 heavy (non-hydrogen) atoms. The summed E-state index contributed by atoms with van der Waals surface area (Å²) in [6.07, 6.45) is -2.56. The van der Waals surface area contributed by atoms with Crippen LogP contribution in [0.3, 0.4) is 0 Å². The van der Waals surface area contributed by atoms with Crippen molar-refractivity contribution in [3.63, 3.8) is 0 Å². The van der Waals surface area contributed by atoms with Crippen LogP contribution < -0.4 is 4.90 Å². The zero-order chi connectivity index (χ0) is 12.8. The molecule has 1 N–H and O–H groups in total. The summed E-state index contributed by atoms with van der Waals surface area (Å²) in [5, 5.41) is 17.6. The molecule has 0 aliphatic heterocycles. The van der Waals surface area contributed by atoms with E-state index in [9.17, 15) is 8.78 Å². The van der Waals surface area contributed by atoms with Crippen molar-refractivity contribution in [2.24, 2.45) is 0 Å². The summed E-state index contributed by atoms with van der Waals surface area (Å²) in [5.41, 5.74) is 0.234. The van der Waals surface area contributed by atoms with E-state index in [4.69, 9.17) is 22.0 Å². The fourth-order valence-corrected chi connectivity index (χ4v) is 1.50. The third-order valence-corrected chi connectivity index (χ3v) is 2.16. The van der Waals surface area contributed by atoms with E-state index < -0.39 is 13.0 Å². The van der Waals surface area contributed by atoms with Crippen LogP contribution in [0, 0.1) is 11.3 Å². The first-order valence-corrected chi connectivity index (χ1v) is 5.16. The molecule has 7 heteroatoms. The fourth-order valence-electron chi connectivity index (χ4n) is 1.30. The molecule has 0 aromatic carbocycles. The lowest BCUT2D eigenvalue weighted by Gasteiger charge is -2.22. The maximum absolute atomic E-state index is 12.3. The zero-order valence-corrected chi connectivity index (χ0v) is 9.53. The Morgan fingerprint density at radius 2 is 2.24 bits per heavy atom. The molecule has 0 aliphatic carbocycles. The van der Waals surface area contributed by atoms with Gasteiger partial charge < -0.3 is 10.0 Å². The van der Waals surface area contributed by atoms with Crippen LogP contribution in [0.2, 0.25) is 5.15 Å². The van der Waals surface area contributed by atoms with Crippen molar-refractivity contribution in [1.29, 1.82) is 5.26 Å². The second-order valence-electron chi connectivity index (χ2n) is 3.21. The van der Waals surface area contributed by atoms with Crippen LogP contribution in [0.1, 0.15) is 5.56 Å². The van der Waals surface area contributed by atoms with Gasteiger partial charge in [-0.15, -0.1) is 0 Å². The molecule has 92 valence electrons. The number of aromatic nitrogens is 1. The highest BCUT2D eigenvalue weighted by atomic mass is 35.5. The number of halogens is 3. The molecule has 0 amide bonds. The maximum atomic E-state index is 12.3. The predicted molar refractivity (Wildman–Crippen MR) is 59.3 cm³/mol. The highest BCUT2D eigenvalue weighted by Crippen LogP contribution is 2.18. The Bertz CT molecular complexity index is 423. The number of pyridine rings is 1. The van der Waals surface area contributed by atoms with Gasteiger partial charge in [-0.2, -0.15) is 5.26 Å². The van der Waals surface area contributed by atoms with E-state index in [1.165, 1.54) is 17.0 Å². The van der Waals surface area contributed by atoms with E-state index in [0.717, 1.165) is 0 Å². The van der Waals surface area contributed by atoms with Gasteiger partial charge >= 0.3 is 0 Å². The first-order valence-electron chi connectivity index (χ1n) is 4.78. The summed E-state index contributed by atoms with van der Waals surface area (Å²) in [4.78, 5) is 5.03. The molecule has 0 fully saturated rings. The molecular formula is C10H10ClF2N3O. The smallest absolute Gasteiger partial charge is 0.255 e. The lowest BCUT2D eigenvalue weighted by atomic mass is 10.3. The number of nitriles is 1. The van der Waals surface area contributed by atoms with Gasteiger partial charge in [0.1, 0.15) is 11.0 Å². The minimum Gasteiger partial charge on any atom is -0.395 e. The monoisotopic (exact) mass is 261 g/mol. The molecule has 0 bridgehead atoms. The first-order chi connectivity index (χ1) is 8.06. The summed E-state index contributed by atoms with van der Waals surface area (Å²) in [6.45, 7) is -0.857. The molecular weight excluding hydrogens is 252 g/mol. The van der Waals surface area contributed by atoms with Crippen molar-refractivity contribution in [2.45, 2.75) is 6.43 Å². The molecule has 1 rings (SSSR count). The minimum atomic E-state index is -2.56. The van der Waals surface area contributed by atoms with Crippen molar-refractivity contribution in [3.05, 3.63) is 22.8 Å². The van der Waals surface area contributed by atoms with Crippen LogP contribution in [0.15, 0.2) is 12.1 Å². The topological polar surface area (TPSA) is 60.2 Å². The SMILES string of the molecule is N#Cc1cc(Cl)nc(N(CCO)CC(F)F)c1. The van der Waals surface area contributed by atoms with Gasteiger partial charge in [0.25, 0.3) is 6.43 Å². The van der Waals surface area contributed by atoms with Crippen molar-refractivity contribution < 1.29 is 13.9 Å². The largest absolute Gasteiger partial charge is 0.395 e. The number of alkyl halides is 2. The molecule has 0 saturated heterocycles. The molecule has 1 heterocycles. The number of hydrogen-bond donors (Lipinski definition) is 1. The number of nitrogens with zero attached hydrogens (tertiary/aromatic N) is 3. The van der Waals surface area contributed by atoms with Gasteiger partial charge in [-0.1, -0.05) is 11.6 Å². The van der Waals surface area contributed by atoms with E-state index >= 15 is 0 Å². The summed E-state index contributed by atoms with van der Waals surface area (Å²) in [6, 6.07) is 4.55. The highest BCUT2D eigenvalue weighted by molar-refractivity contribution is 6.29. The predicted octanol–water partition coefficient (Wildman–Crippen LogP) is 1.67. The standard InChI is InChI=1S/C10H10ClF2N3O/c11-8-3-7(5-14)4-10(15-8)16(1-2-17)6-9(12)13/h3-4,9,17H,1-2,6H2. The van der Waals surface area contributed by atoms with Gasteiger partial charge in [0.15, 0.2) is 0 Å². The lowest BCUT2D eigenvalue weighted by Crippen LogP contribution is -2.32. The number of anilines is 1. The Morgan fingerprint density at radius 3 is 2.76 bits per heavy atom. The molecule has 0 atom stereocenters. The van der Waals surface area contributed by atoms with Gasteiger partial charge in [0, 0.05) is 6.54 Å². The Labute approximate surface area is 102 Å². The van der Waals surface area contributed by atoms with Crippen LogP contribution in [0.5, 0.6) is 0 Å². The third kappa shape index (κ3) is 4.13. The highest BCUT2D eigenvalue weighted by Gasteiger charge is 2.14. The Hall–Kier alpha value is -1.45. The Morgan fingerprint density at radius 1 is 1.53 bits per heavy atom. The second kappa shape index (κ2) is 6.33. The molecule has 0 unspecified atom stereocenters. The summed E-state index contributed by atoms with van der Waals surface area (Å²) >= 11 is 5.67. The van der Waals surface area contributed by atoms with E-state index in [1.54, 1.807) is 0 Å². The van der Waals surface area contributed by atoms with E-state index in [1.807, 2.05) is 6.07 Å². The van der Waals surface area contributed by atoms with Gasteiger partial charge in [0.2, 0.25) is 0 Å². The van der Waals surface area contributed by atoms with Gasteiger partial charge in [0.05, 0.1) is 24.8 Å². The number of hydrogen-bond acceptors (Lipinski definition) is 4. The average Bonchev–Trinajstić information content (AvgIpc) is 2.27. The second-order valence-corrected chi connectivity index (χ2v) is 3.60. The number of rotatable bonds is 5. The van der Waals surface area contributed by atoms with Crippen LogP contribution >= 0.6 is 11.6 Å². The van der Waals surface area contributed by atoms with Gasteiger partial charge in [-0.3, -0.25) is 0 Å². The molecule has 4 nitrogen and oxygen atoms in total. The van der Waals surface area contributed by atoms with Crippen LogP contribution in [-0.4, -0.2) is 36.2 Å². The van der Waals surface area contributed by atoms with E-state index in [0.29, 0.717) is 0 Å². The van der Waals surface area contributed by atoms with Crippen LogP contribution in [0.25, 0.3) is 0 Å². The van der Waals surface area contributed by atoms with Crippen molar-refractivity contribution in [2.75, 3.05) is 24.6 Å². The average molecular weight is 262 g/mol. The fraction of sp³-hybridized carbons (Fsp3) is 0.400. The molecule has 0 radical (unpaired) electrons. The van der Waals surface area contributed by atoms with Crippen molar-refractivity contribution in [3.8, 4) is 6.07 Å². The van der Waals surface area contributed by atoms with Crippen LogP contribution in [0.4, 0.5) is 14.6 Å². The summed E-state index contributed by atoms with van der Waals surface area (Å²) in [5.74, 6) is 0.156.